The van der Waals surface area contributed by atoms with Gasteiger partial charge in [-0.25, -0.2) is 4.98 Å². The maximum Gasteiger partial charge on any atom is 0.239 e. The number of carbonyl (C=O) groups is 1. The number of likely N-dealkylation sites (N-methyl/N-ethyl adjacent to an activating group) is 1. The van der Waals surface area contributed by atoms with Crippen LogP contribution in [0.4, 0.5) is 0 Å². The van der Waals surface area contributed by atoms with Crippen LogP contribution >= 0.6 is 36.2 Å². The number of nitrogens with zero attached hydrogens (tertiary/aromatic N) is 2. The van der Waals surface area contributed by atoms with Gasteiger partial charge in [0, 0.05) is 11.9 Å². The minimum Gasteiger partial charge on any atom is -0.337 e. The van der Waals surface area contributed by atoms with E-state index in [9.17, 15) is 4.79 Å². The van der Waals surface area contributed by atoms with Crippen molar-refractivity contribution >= 4 is 42.1 Å². The number of halogens is 2. The molecule has 0 spiro atoms. The minimum absolute atomic E-state index is 0. The fraction of sp³-hybridized carbons (Fsp3) is 0.636. The molecule has 1 rings (SSSR count). The number of aryl methyl sites for hydroxylation is 2. The van der Waals surface area contributed by atoms with Crippen molar-refractivity contribution in [3.05, 3.63) is 15.6 Å². The van der Waals surface area contributed by atoms with Gasteiger partial charge in [0.2, 0.25) is 5.91 Å². The number of nitrogens with two attached hydrogens (primary N) is 1. The Morgan fingerprint density at radius 1 is 1.33 bits per heavy atom. The summed E-state index contributed by atoms with van der Waals surface area (Å²) in [5.41, 5.74) is 6.59. The van der Waals surface area contributed by atoms with Crippen molar-refractivity contribution in [2.45, 2.75) is 39.8 Å². The lowest BCUT2D eigenvalue weighted by Crippen LogP contribution is -2.40. The smallest absolute Gasteiger partial charge is 0.239 e. The first-order valence-corrected chi connectivity index (χ1v) is 6.12. The maximum atomic E-state index is 11.8. The number of hydrogen-bond donors (Lipinski definition) is 1. The van der Waals surface area contributed by atoms with Gasteiger partial charge < -0.3 is 10.6 Å². The van der Waals surface area contributed by atoms with Crippen LogP contribution in [0.25, 0.3) is 0 Å². The van der Waals surface area contributed by atoms with Crippen molar-refractivity contribution in [2.75, 3.05) is 7.05 Å². The molecule has 106 valence electrons. The van der Waals surface area contributed by atoms with Crippen LogP contribution in [0.3, 0.4) is 0 Å². The molecule has 1 amide bonds. The zero-order valence-electron chi connectivity index (χ0n) is 11.3. The Morgan fingerprint density at radius 3 is 2.17 bits per heavy atom. The van der Waals surface area contributed by atoms with Crippen molar-refractivity contribution in [3.63, 3.8) is 0 Å². The van der Waals surface area contributed by atoms with Gasteiger partial charge in [-0.3, -0.25) is 4.79 Å². The molecule has 1 heterocycles. The number of amides is 1. The molecule has 0 aliphatic rings. The second kappa shape index (κ2) is 7.94. The van der Waals surface area contributed by atoms with Gasteiger partial charge in [0.1, 0.15) is 0 Å². The second-order valence-electron chi connectivity index (χ2n) is 4.10. The highest BCUT2D eigenvalue weighted by Gasteiger charge is 2.23. The molecule has 2 atom stereocenters. The summed E-state index contributed by atoms with van der Waals surface area (Å²) in [6.45, 7) is 7.65. The molecule has 0 aliphatic heterocycles. The van der Waals surface area contributed by atoms with E-state index >= 15 is 0 Å². The van der Waals surface area contributed by atoms with Crippen LogP contribution in [0, 0.1) is 13.8 Å². The van der Waals surface area contributed by atoms with Gasteiger partial charge in [-0.2, -0.15) is 0 Å². The largest absolute Gasteiger partial charge is 0.337 e. The number of carbonyl (C=O) groups excluding carboxylic acids is 1. The van der Waals surface area contributed by atoms with Gasteiger partial charge in [-0.15, -0.1) is 36.2 Å². The molecule has 0 saturated heterocycles. The summed E-state index contributed by atoms with van der Waals surface area (Å²) < 4.78 is 0. The molecule has 0 fully saturated rings. The zero-order valence-corrected chi connectivity index (χ0v) is 13.7. The molecule has 0 aromatic carbocycles. The molecular weight excluding hydrogens is 293 g/mol. The van der Waals surface area contributed by atoms with Crippen LogP contribution in [-0.4, -0.2) is 28.9 Å². The summed E-state index contributed by atoms with van der Waals surface area (Å²) in [5.74, 6) is -0.0436. The molecule has 1 aromatic rings. The summed E-state index contributed by atoms with van der Waals surface area (Å²) in [6.07, 6.45) is 0. The Morgan fingerprint density at radius 2 is 1.83 bits per heavy atom. The van der Waals surface area contributed by atoms with Gasteiger partial charge >= 0.3 is 0 Å². The summed E-state index contributed by atoms with van der Waals surface area (Å²) >= 11 is 1.63. The third kappa shape index (κ3) is 4.39. The van der Waals surface area contributed by atoms with Crippen LogP contribution in [0.2, 0.25) is 0 Å². The van der Waals surface area contributed by atoms with E-state index in [1.165, 1.54) is 0 Å². The fourth-order valence-electron chi connectivity index (χ4n) is 1.62. The van der Waals surface area contributed by atoms with E-state index in [1.54, 1.807) is 30.2 Å². The zero-order chi connectivity index (χ0) is 12.5. The predicted octanol–water partition coefficient (Wildman–Crippen LogP) is 2.47. The SMILES string of the molecule is Cc1nc(C)c(C(C)N(C)C(=O)[C@@H](C)N)s1.Cl.Cl. The van der Waals surface area contributed by atoms with Crippen molar-refractivity contribution < 1.29 is 4.79 Å². The molecular formula is C11H21Cl2N3OS. The quantitative estimate of drug-likeness (QED) is 0.932. The number of aromatic nitrogens is 1. The van der Waals surface area contributed by atoms with Crippen LogP contribution in [0.1, 0.15) is 35.5 Å². The van der Waals surface area contributed by atoms with Gasteiger partial charge in [0.15, 0.2) is 0 Å². The van der Waals surface area contributed by atoms with Crippen molar-refractivity contribution in [1.82, 2.24) is 9.88 Å². The molecule has 2 N–H and O–H groups in total. The van der Waals surface area contributed by atoms with Crippen LogP contribution < -0.4 is 5.73 Å². The molecule has 1 unspecified atom stereocenters. The van der Waals surface area contributed by atoms with Crippen molar-refractivity contribution in [1.29, 1.82) is 0 Å². The van der Waals surface area contributed by atoms with Gasteiger partial charge in [-0.05, 0) is 27.7 Å². The van der Waals surface area contributed by atoms with Gasteiger partial charge in [0.25, 0.3) is 0 Å². The van der Waals surface area contributed by atoms with E-state index in [1.807, 2.05) is 20.8 Å². The van der Waals surface area contributed by atoms with Crippen molar-refractivity contribution in [3.8, 4) is 0 Å². The minimum atomic E-state index is -0.457. The lowest BCUT2D eigenvalue weighted by Gasteiger charge is -2.26. The fourth-order valence-corrected chi connectivity index (χ4v) is 2.65. The predicted molar refractivity (Wildman–Crippen MR) is 80.9 cm³/mol. The molecule has 0 bridgehead atoms. The highest BCUT2D eigenvalue weighted by atomic mass is 35.5. The average molecular weight is 314 g/mol. The summed E-state index contributed by atoms with van der Waals surface area (Å²) in [6, 6.07) is -0.425. The first kappa shape index (κ1) is 20.0. The van der Waals surface area contributed by atoms with Gasteiger partial charge in [0.05, 0.1) is 22.8 Å². The first-order chi connectivity index (χ1) is 7.34. The van der Waals surface area contributed by atoms with Crippen LogP contribution in [0.15, 0.2) is 0 Å². The maximum absolute atomic E-state index is 11.8. The lowest BCUT2D eigenvalue weighted by molar-refractivity contribution is -0.132. The third-order valence-corrected chi connectivity index (χ3v) is 3.88. The van der Waals surface area contributed by atoms with E-state index in [0.717, 1.165) is 15.6 Å². The summed E-state index contributed by atoms with van der Waals surface area (Å²) in [4.78, 5) is 18.9. The van der Waals surface area contributed by atoms with Crippen LogP contribution in [0.5, 0.6) is 0 Å². The summed E-state index contributed by atoms with van der Waals surface area (Å²) in [5, 5.41) is 1.03. The Bertz CT molecular complexity index is 396. The third-order valence-electron chi connectivity index (χ3n) is 2.64. The summed E-state index contributed by atoms with van der Waals surface area (Å²) in [7, 11) is 1.78. The molecule has 0 aliphatic carbocycles. The average Bonchev–Trinajstić information content (AvgIpc) is 2.54. The number of hydrogen-bond acceptors (Lipinski definition) is 4. The Hall–Kier alpha value is -0.360. The molecule has 1 aromatic heterocycles. The van der Waals surface area contributed by atoms with Crippen LogP contribution in [-0.2, 0) is 4.79 Å². The standard InChI is InChI=1S/C11H19N3OS.2ClH/c1-6(12)11(15)14(5)8(3)10-7(2)13-9(4)16-10;;/h6,8H,12H2,1-5H3;2*1H/t6-,8?;;/m1../s1. The number of thiazole rings is 1. The topological polar surface area (TPSA) is 59.2 Å². The Balaban J connectivity index is 0. The first-order valence-electron chi connectivity index (χ1n) is 5.30. The molecule has 18 heavy (non-hydrogen) atoms. The molecule has 0 radical (unpaired) electrons. The van der Waals surface area contributed by atoms with E-state index in [0.29, 0.717) is 0 Å². The second-order valence-corrected chi connectivity index (χ2v) is 5.33. The van der Waals surface area contributed by atoms with E-state index in [4.69, 9.17) is 5.73 Å². The van der Waals surface area contributed by atoms with E-state index < -0.39 is 6.04 Å². The highest BCUT2D eigenvalue weighted by molar-refractivity contribution is 7.11. The normalized spacial score (nSPS) is 13.0. The molecule has 4 nitrogen and oxygen atoms in total. The monoisotopic (exact) mass is 313 g/mol. The van der Waals surface area contributed by atoms with Crippen molar-refractivity contribution in [2.24, 2.45) is 5.73 Å². The molecule has 0 saturated carbocycles. The highest BCUT2D eigenvalue weighted by Crippen LogP contribution is 2.28. The Labute approximate surface area is 125 Å². The Kier molecular flexibility index (Phi) is 8.81. The van der Waals surface area contributed by atoms with E-state index in [-0.39, 0.29) is 36.8 Å². The van der Waals surface area contributed by atoms with Gasteiger partial charge in [-0.1, -0.05) is 0 Å². The van der Waals surface area contributed by atoms with E-state index in [2.05, 4.69) is 4.98 Å². The lowest BCUT2D eigenvalue weighted by atomic mass is 10.2. The number of rotatable bonds is 3. The molecule has 7 heteroatoms.